The topological polar surface area (TPSA) is 38.9 Å². The van der Waals surface area contributed by atoms with Gasteiger partial charge in [0, 0.05) is 18.0 Å². The molecule has 1 aromatic heterocycles. The molecule has 2 N–H and O–H groups in total. The van der Waals surface area contributed by atoms with Crippen LogP contribution in [0.25, 0.3) is 0 Å². The van der Waals surface area contributed by atoms with Crippen LogP contribution in [0.3, 0.4) is 0 Å². The molecule has 1 heterocycles. The molecule has 3 heteroatoms. The maximum Gasteiger partial charge on any atom is 0.0963 e. The number of hydrogen-bond acceptors (Lipinski definition) is 3. The Balaban J connectivity index is 1.90. The largest absolute Gasteiger partial charge is 0.327 e. The average Bonchev–Trinajstić information content (AvgIpc) is 2.46. The molecular weight excluding hydrogens is 264 g/mol. The Bertz CT molecular complexity index is 537. The van der Waals surface area contributed by atoms with E-state index in [0.717, 1.165) is 23.6 Å². The first-order valence-corrected chi connectivity index (χ1v) is 8.04. The van der Waals surface area contributed by atoms with Crippen LogP contribution in [0.1, 0.15) is 30.0 Å². The van der Waals surface area contributed by atoms with E-state index in [4.69, 9.17) is 5.73 Å². The van der Waals surface area contributed by atoms with Gasteiger partial charge in [-0.05, 0) is 37.0 Å². The summed E-state index contributed by atoms with van der Waals surface area (Å²) in [5.74, 6) is 0.961. The van der Waals surface area contributed by atoms with E-state index in [1.165, 1.54) is 16.7 Å². The predicted octanol–water partition coefficient (Wildman–Crippen LogP) is 3.96. The van der Waals surface area contributed by atoms with Gasteiger partial charge in [-0.2, -0.15) is 0 Å². The maximum absolute atomic E-state index is 5.96. The van der Waals surface area contributed by atoms with Gasteiger partial charge in [0.15, 0.2) is 0 Å². The Morgan fingerprint density at radius 3 is 2.70 bits per heavy atom. The Kier molecular flexibility index (Phi) is 5.62. The van der Waals surface area contributed by atoms with Gasteiger partial charge in [0.2, 0.25) is 0 Å². The third-order valence-electron chi connectivity index (χ3n) is 3.29. The van der Waals surface area contributed by atoms with Crippen LogP contribution < -0.4 is 5.73 Å². The lowest BCUT2D eigenvalue weighted by Gasteiger charge is -2.08. The molecule has 106 valence electrons. The van der Waals surface area contributed by atoms with Crippen molar-refractivity contribution in [2.24, 2.45) is 5.73 Å². The number of hydrogen-bond donors (Lipinski definition) is 1. The van der Waals surface area contributed by atoms with Crippen molar-refractivity contribution in [1.82, 2.24) is 4.98 Å². The van der Waals surface area contributed by atoms with E-state index in [9.17, 15) is 0 Å². The van der Waals surface area contributed by atoms with Gasteiger partial charge < -0.3 is 5.73 Å². The van der Waals surface area contributed by atoms with Gasteiger partial charge in [0.1, 0.15) is 0 Å². The molecule has 0 aliphatic heterocycles. The van der Waals surface area contributed by atoms with Crippen molar-refractivity contribution in [2.75, 3.05) is 0 Å². The van der Waals surface area contributed by atoms with Gasteiger partial charge in [-0.3, -0.25) is 0 Å². The summed E-state index contributed by atoms with van der Waals surface area (Å²) >= 11 is 1.77. The van der Waals surface area contributed by atoms with Crippen molar-refractivity contribution < 1.29 is 0 Å². The van der Waals surface area contributed by atoms with Gasteiger partial charge in [-0.15, -0.1) is 11.8 Å². The predicted molar refractivity (Wildman–Crippen MR) is 86.9 cm³/mol. The van der Waals surface area contributed by atoms with Gasteiger partial charge in [-0.1, -0.05) is 42.8 Å². The average molecular weight is 286 g/mol. The summed E-state index contributed by atoms with van der Waals surface area (Å²) in [6, 6.07) is 13.1. The molecule has 0 aliphatic carbocycles. The summed E-state index contributed by atoms with van der Waals surface area (Å²) in [6.45, 7) is 4.24. The van der Waals surface area contributed by atoms with Crippen molar-refractivity contribution in [3.05, 3.63) is 59.3 Å². The second kappa shape index (κ2) is 7.46. The normalized spacial score (nSPS) is 12.3. The number of thioether (sulfide) groups is 1. The summed E-state index contributed by atoms with van der Waals surface area (Å²) in [7, 11) is 0. The third kappa shape index (κ3) is 4.66. The Morgan fingerprint density at radius 2 is 2.05 bits per heavy atom. The van der Waals surface area contributed by atoms with Crippen LogP contribution in [0.5, 0.6) is 0 Å². The van der Waals surface area contributed by atoms with Gasteiger partial charge in [-0.25, -0.2) is 4.98 Å². The lowest BCUT2D eigenvalue weighted by molar-refractivity contribution is 0.644. The van der Waals surface area contributed by atoms with Crippen LogP contribution in [0.4, 0.5) is 0 Å². The molecule has 0 saturated carbocycles. The molecule has 0 aliphatic rings. The molecule has 1 atom stereocenters. The number of aryl methyl sites for hydroxylation is 1. The van der Waals surface area contributed by atoms with Crippen LogP contribution >= 0.6 is 11.8 Å². The Morgan fingerprint density at radius 1 is 1.20 bits per heavy atom. The minimum absolute atomic E-state index is 0.239. The molecule has 1 unspecified atom stereocenters. The highest BCUT2D eigenvalue weighted by atomic mass is 32.2. The lowest BCUT2D eigenvalue weighted by Crippen LogP contribution is -2.21. The van der Waals surface area contributed by atoms with Crippen LogP contribution in [0.2, 0.25) is 0 Å². The summed E-state index contributed by atoms with van der Waals surface area (Å²) in [6.07, 6.45) is 3.87. The number of aromatic nitrogens is 1. The van der Waals surface area contributed by atoms with Crippen molar-refractivity contribution in [1.29, 1.82) is 0 Å². The maximum atomic E-state index is 5.96. The van der Waals surface area contributed by atoms with Crippen LogP contribution in [-0.2, 0) is 12.2 Å². The third-order valence-corrected chi connectivity index (χ3v) is 4.30. The zero-order chi connectivity index (χ0) is 14.4. The second-order valence-corrected chi connectivity index (χ2v) is 6.15. The zero-order valence-electron chi connectivity index (χ0n) is 12.2. The van der Waals surface area contributed by atoms with Crippen molar-refractivity contribution in [2.45, 2.75) is 43.5 Å². The first kappa shape index (κ1) is 15.1. The molecule has 1 aromatic carbocycles. The summed E-state index contributed by atoms with van der Waals surface area (Å²) < 4.78 is 0. The first-order chi connectivity index (χ1) is 9.67. The fourth-order valence-electron chi connectivity index (χ4n) is 2.02. The monoisotopic (exact) mass is 286 g/mol. The van der Waals surface area contributed by atoms with E-state index in [1.807, 2.05) is 6.20 Å². The fraction of sp³-hybridized carbons (Fsp3) is 0.353. The quantitative estimate of drug-likeness (QED) is 0.817. The molecule has 2 nitrogen and oxygen atoms in total. The smallest absolute Gasteiger partial charge is 0.0963 e. The standard InChI is InChI=1S/C17H22N2S/c1-3-16(18)10-14-7-8-17(19-11-14)20-12-15-6-4-5-13(2)9-15/h4-9,11,16H,3,10,12,18H2,1-2H3. The van der Waals surface area contributed by atoms with E-state index in [-0.39, 0.29) is 6.04 Å². The number of benzene rings is 1. The molecule has 20 heavy (non-hydrogen) atoms. The SMILES string of the molecule is CCC(N)Cc1ccc(SCc2cccc(C)c2)nc1. The number of pyridine rings is 1. The Hall–Kier alpha value is -1.32. The lowest BCUT2D eigenvalue weighted by atomic mass is 10.1. The van der Waals surface area contributed by atoms with Gasteiger partial charge >= 0.3 is 0 Å². The van der Waals surface area contributed by atoms with E-state index < -0.39 is 0 Å². The first-order valence-electron chi connectivity index (χ1n) is 7.06. The molecule has 0 radical (unpaired) electrons. The number of nitrogens with two attached hydrogens (primary N) is 1. The molecule has 2 rings (SSSR count). The van der Waals surface area contributed by atoms with Crippen LogP contribution in [0.15, 0.2) is 47.6 Å². The summed E-state index contributed by atoms with van der Waals surface area (Å²) in [4.78, 5) is 4.51. The summed E-state index contributed by atoms with van der Waals surface area (Å²) in [5.41, 5.74) is 9.83. The molecule has 0 saturated heterocycles. The number of rotatable bonds is 6. The zero-order valence-corrected chi connectivity index (χ0v) is 13.0. The molecule has 0 fully saturated rings. The van der Waals surface area contributed by atoms with Gasteiger partial charge in [0.05, 0.1) is 5.03 Å². The minimum atomic E-state index is 0.239. The fourth-order valence-corrected chi connectivity index (χ4v) is 2.81. The Labute approximate surface area is 125 Å². The van der Waals surface area contributed by atoms with Crippen molar-refractivity contribution in [3.63, 3.8) is 0 Å². The van der Waals surface area contributed by atoms with E-state index in [1.54, 1.807) is 11.8 Å². The minimum Gasteiger partial charge on any atom is -0.327 e. The molecule has 2 aromatic rings. The van der Waals surface area contributed by atoms with Gasteiger partial charge in [0.25, 0.3) is 0 Å². The molecular formula is C17H22N2S. The molecule has 0 bridgehead atoms. The summed E-state index contributed by atoms with van der Waals surface area (Å²) in [5, 5.41) is 1.07. The molecule has 0 spiro atoms. The van der Waals surface area contributed by atoms with E-state index in [0.29, 0.717) is 0 Å². The second-order valence-electron chi connectivity index (χ2n) is 5.15. The highest BCUT2D eigenvalue weighted by Crippen LogP contribution is 2.21. The number of nitrogens with zero attached hydrogens (tertiary/aromatic N) is 1. The molecule has 0 amide bonds. The van der Waals surface area contributed by atoms with Crippen molar-refractivity contribution in [3.8, 4) is 0 Å². The van der Waals surface area contributed by atoms with Crippen molar-refractivity contribution >= 4 is 11.8 Å². The highest BCUT2D eigenvalue weighted by molar-refractivity contribution is 7.98. The van der Waals surface area contributed by atoms with E-state index in [2.05, 4.69) is 55.2 Å². The van der Waals surface area contributed by atoms with E-state index >= 15 is 0 Å². The van der Waals surface area contributed by atoms with Crippen LogP contribution in [0, 0.1) is 6.92 Å². The highest BCUT2D eigenvalue weighted by Gasteiger charge is 2.03. The van der Waals surface area contributed by atoms with Crippen LogP contribution in [-0.4, -0.2) is 11.0 Å².